The zero-order valence-electron chi connectivity index (χ0n) is 8.99. The first-order chi connectivity index (χ1) is 7.19. The summed E-state index contributed by atoms with van der Waals surface area (Å²) in [7, 11) is 0. The molecule has 1 aromatic rings. The number of nitrogens with zero attached hydrogens (tertiary/aromatic N) is 2. The molecule has 15 heavy (non-hydrogen) atoms. The number of hydrogen-bond donors (Lipinski definition) is 1. The van der Waals surface area contributed by atoms with Gasteiger partial charge in [-0.3, -0.25) is 9.78 Å². The molecule has 1 heterocycles. The van der Waals surface area contributed by atoms with Gasteiger partial charge in [-0.2, -0.15) is 0 Å². The monoisotopic (exact) mass is 225 g/mol. The number of amides is 1. The number of unbranched alkanes of at least 4 members (excludes halogenated alkanes) is 1. The lowest BCUT2D eigenvalue weighted by atomic mass is 10.2. The van der Waals surface area contributed by atoms with Crippen molar-refractivity contribution >= 4 is 17.7 Å². The maximum atomic E-state index is 10.9. The van der Waals surface area contributed by atoms with E-state index in [0.29, 0.717) is 0 Å². The standard InChI is InChI=1S/C10H15N3OS/c1-3-4-5-7-10(15-2)13-8(6-12-7)9(11)14/h6H,3-5H2,1-2H3,(H2,11,14). The van der Waals surface area contributed by atoms with Crippen LogP contribution in [0, 0.1) is 0 Å². The number of hydrogen-bond acceptors (Lipinski definition) is 4. The molecule has 0 bridgehead atoms. The Labute approximate surface area is 93.7 Å². The molecule has 1 amide bonds. The van der Waals surface area contributed by atoms with Gasteiger partial charge in [0.05, 0.1) is 11.9 Å². The van der Waals surface area contributed by atoms with Crippen LogP contribution in [0.4, 0.5) is 0 Å². The number of rotatable bonds is 5. The second-order valence-corrected chi connectivity index (χ2v) is 3.97. The Balaban J connectivity index is 2.93. The lowest BCUT2D eigenvalue weighted by Crippen LogP contribution is -2.14. The molecule has 5 heteroatoms. The number of carbonyl (C=O) groups is 1. The molecule has 2 N–H and O–H groups in total. The zero-order chi connectivity index (χ0) is 11.3. The molecule has 0 aliphatic carbocycles. The van der Waals surface area contributed by atoms with E-state index in [1.165, 1.54) is 18.0 Å². The normalized spacial score (nSPS) is 10.3. The molecule has 0 aromatic carbocycles. The molecule has 0 atom stereocenters. The molecule has 1 aromatic heterocycles. The molecule has 4 nitrogen and oxygen atoms in total. The lowest BCUT2D eigenvalue weighted by molar-refractivity contribution is 0.0994. The van der Waals surface area contributed by atoms with Crippen molar-refractivity contribution < 1.29 is 4.79 Å². The molecule has 82 valence electrons. The molecular weight excluding hydrogens is 210 g/mol. The predicted molar refractivity (Wildman–Crippen MR) is 60.9 cm³/mol. The third-order valence-electron chi connectivity index (χ3n) is 2.02. The molecule has 0 fully saturated rings. The lowest BCUT2D eigenvalue weighted by Gasteiger charge is -2.05. The summed E-state index contributed by atoms with van der Waals surface area (Å²) in [5.74, 6) is -0.528. The summed E-state index contributed by atoms with van der Waals surface area (Å²) in [5, 5.41) is 0.805. The summed E-state index contributed by atoms with van der Waals surface area (Å²) in [4.78, 5) is 19.3. The summed E-state index contributed by atoms with van der Waals surface area (Å²) in [5.41, 5.74) is 6.33. The van der Waals surface area contributed by atoms with Gasteiger partial charge in [-0.1, -0.05) is 13.3 Å². The fourth-order valence-corrected chi connectivity index (χ4v) is 1.77. The number of primary amides is 1. The summed E-state index contributed by atoms with van der Waals surface area (Å²) in [6, 6.07) is 0. The van der Waals surface area contributed by atoms with Gasteiger partial charge in [0.2, 0.25) is 0 Å². The average Bonchev–Trinajstić information content (AvgIpc) is 2.25. The van der Waals surface area contributed by atoms with E-state index in [-0.39, 0.29) is 5.69 Å². The second kappa shape index (κ2) is 5.70. The molecule has 0 unspecified atom stereocenters. The van der Waals surface area contributed by atoms with Gasteiger partial charge in [0, 0.05) is 0 Å². The van der Waals surface area contributed by atoms with Crippen LogP contribution in [0.5, 0.6) is 0 Å². The van der Waals surface area contributed by atoms with Crippen LogP contribution in [0.15, 0.2) is 11.2 Å². The Morgan fingerprint density at radius 3 is 2.87 bits per heavy atom. The van der Waals surface area contributed by atoms with Crippen LogP contribution < -0.4 is 5.73 Å². The summed E-state index contributed by atoms with van der Waals surface area (Å²) in [6.45, 7) is 2.13. The van der Waals surface area contributed by atoms with Crippen molar-refractivity contribution in [3.63, 3.8) is 0 Å². The average molecular weight is 225 g/mol. The van der Waals surface area contributed by atoms with Gasteiger partial charge in [0.25, 0.3) is 5.91 Å². The fourth-order valence-electron chi connectivity index (χ4n) is 1.19. The Hall–Kier alpha value is -1.10. The van der Waals surface area contributed by atoms with Gasteiger partial charge >= 0.3 is 0 Å². The highest BCUT2D eigenvalue weighted by Crippen LogP contribution is 2.17. The number of aryl methyl sites for hydroxylation is 1. The van der Waals surface area contributed by atoms with Crippen LogP contribution >= 0.6 is 11.8 Å². The summed E-state index contributed by atoms with van der Waals surface area (Å²) in [6.07, 6.45) is 6.47. The van der Waals surface area contributed by atoms with Crippen LogP contribution in [-0.2, 0) is 6.42 Å². The maximum Gasteiger partial charge on any atom is 0.268 e. The molecule has 0 saturated carbocycles. The Morgan fingerprint density at radius 1 is 1.60 bits per heavy atom. The van der Waals surface area contributed by atoms with E-state index in [1.807, 2.05) is 6.26 Å². The van der Waals surface area contributed by atoms with Gasteiger partial charge in [0.15, 0.2) is 0 Å². The molecule has 0 aliphatic heterocycles. The van der Waals surface area contributed by atoms with Crippen molar-refractivity contribution in [2.45, 2.75) is 31.2 Å². The Kier molecular flexibility index (Phi) is 4.55. The first-order valence-electron chi connectivity index (χ1n) is 4.88. The smallest absolute Gasteiger partial charge is 0.268 e. The number of nitrogens with two attached hydrogens (primary N) is 1. The topological polar surface area (TPSA) is 68.9 Å². The largest absolute Gasteiger partial charge is 0.364 e. The molecule has 0 spiro atoms. The maximum absolute atomic E-state index is 10.9. The Bertz CT molecular complexity index is 355. The highest BCUT2D eigenvalue weighted by Gasteiger charge is 2.09. The number of carbonyl (C=O) groups excluding carboxylic acids is 1. The van der Waals surface area contributed by atoms with Crippen molar-refractivity contribution in [2.24, 2.45) is 5.73 Å². The van der Waals surface area contributed by atoms with E-state index >= 15 is 0 Å². The Morgan fingerprint density at radius 2 is 2.33 bits per heavy atom. The van der Waals surface area contributed by atoms with Crippen molar-refractivity contribution in [3.05, 3.63) is 17.6 Å². The number of aromatic nitrogens is 2. The van der Waals surface area contributed by atoms with Crippen molar-refractivity contribution in [1.29, 1.82) is 0 Å². The first-order valence-corrected chi connectivity index (χ1v) is 6.11. The third kappa shape index (κ3) is 3.20. The third-order valence-corrected chi connectivity index (χ3v) is 2.74. The molecule has 0 saturated heterocycles. The van der Waals surface area contributed by atoms with E-state index in [4.69, 9.17) is 5.73 Å². The summed E-state index contributed by atoms with van der Waals surface area (Å²) >= 11 is 1.50. The van der Waals surface area contributed by atoms with Crippen LogP contribution in [0.1, 0.15) is 35.9 Å². The highest BCUT2D eigenvalue weighted by molar-refractivity contribution is 7.98. The van der Waals surface area contributed by atoms with Crippen molar-refractivity contribution in [1.82, 2.24) is 9.97 Å². The summed E-state index contributed by atoms with van der Waals surface area (Å²) < 4.78 is 0. The molecular formula is C10H15N3OS. The van der Waals surface area contributed by atoms with Gasteiger partial charge in [0.1, 0.15) is 10.7 Å². The van der Waals surface area contributed by atoms with E-state index in [1.54, 1.807) is 0 Å². The van der Waals surface area contributed by atoms with E-state index in [9.17, 15) is 4.79 Å². The predicted octanol–water partition coefficient (Wildman–Crippen LogP) is 1.64. The van der Waals surface area contributed by atoms with Crippen molar-refractivity contribution in [3.8, 4) is 0 Å². The van der Waals surface area contributed by atoms with Crippen LogP contribution in [0.25, 0.3) is 0 Å². The minimum Gasteiger partial charge on any atom is -0.364 e. The molecule has 1 rings (SSSR count). The van der Waals surface area contributed by atoms with Crippen LogP contribution in [0.2, 0.25) is 0 Å². The minimum absolute atomic E-state index is 0.236. The first kappa shape index (κ1) is 12.0. The van der Waals surface area contributed by atoms with Gasteiger partial charge in [-0.05, 0) is 19.1 Å². The van der Waals surface area contributed by atoms with E-state index in [2.05, 4.69) is 16.9 Å². The fraction of sp³-hybridized carbons (Fsp3) is 0.500. The van der Waals surface area contributed by atoms with Crippen molar-refractivity contribution in [2.75, 3.05) is 6.26 Å². The molecule has 0 aliphatic rings. The van der Waals surface area contributed by atoms with Gasteiger partial charge in [-0.25, -0.2) is 4.98 Å². The highest BCUT2D eigenvalue weighted by atomic mass is 32.2. The SMILES string of the molecule is CCCCc1ncc(C(N)=O)nc1SC. The van der Waals surface area contributed by atoms with Crippen LogP contribution in [0.3, 0.4) is 0 Å². The molecule has 0 radical (unpaired) electrons. The van der Waals surface area contributed by atoms with E-state index in [0.717, 1.165) is 30.0 Å². The van der Waals surface area contributed by atoms with E-state index < -0.39 is 5.91 Å². The van der Waals surface area contributed by atoms with Gasteiger partial charge in [-0.15, -0.1) is 11.8 Å². The quantitative estimate of drug-likeness (QED) is 0.773. The second-order valence-electron chi connectivity index (χ2n) is 3.18. The van der Waals surface area contributed by atoms with Gasteiger partial charge < -0.3 is 5.73 Å². The van der Waals surface area contributed by atoms with Crippen LogP contribution in [-0.4, -0.2) is 22.1 Å². The number of thioether (sulfide) groups is 1. The zero-order valence-corrected chi connectivity index (χ0v) is 9.80. The minimum atomic E-state index is -0.528.